The van der Waals surface area contributed by atoms with E-state index >= 15 is 0 Å². The molecule has 1 heterocycles. The van der Waals surface area contributed by atoms with Gasteiger partial charge in [-0.2, -0.15) is 0 Å². The monoisotopic (exact) mass is 307 g/mol. The highest BCUT2D eigenvalue weighted by molar-refractivity contribution is 7.99. The number of thioether (sulfide) groups is 1. The molecular formula is C17H29N3S. The Labute approximate surface area is 133 Å². The van der Waals surface area contributed by atoms with E-state index < -0.39 is 0 Å². The first kappa shape index (κ1) is 16.6. The van der Waals surface area contributed by atoms with Gasteiger partial charge >= 0.3 is 0 Å². The van der Waals surface area contributed by atoms with Crippen molar-refractivity contribution < 1.29 is 0 Å². The molecule has 3 nitrogen and oxygen atoms in total. The molecule has 1 saturated carbocycles. The van der Waals surface area contributed by atoms with Gasteiger partial charge in [0.25, 0.3) is 0 Å². The summed E-state index contributed by atoms with van der Waals surface area (Å²) in [6, 6.07) is 2.13. The topological polar surface area (TPSA) is 37.8 Å². The number of hydrogen-bond acceptors (Lipinski definition) is 4. The predicted octanol–water partition coefficient (Wildman–Crippen LogP) is 5.09. The second-order valence-corrected chi connectivity index (χ2v) is 7.86. The first-order chi connectivity index (χ1) is 10.1. The van der Waals surface area contributed by atoms with Crippen molar-refractivity contribution in [1.82, 2.24) is 9.97 Å². The Morgan fingerprint density at radius 1 is 1.33 bits per heavy atom. The van der Waals surface area contributed by atoms with Crippen molar-refractivity contribution >= 4 is 17.6 Å². The molecule has 0 amide bonds. The van der Waals surface area contributed by atoms with Crippen LogP contribution in [0.2, 0.25) is 0 Å². The highest BCUT2D eigenvalue weighted by atomic mass is 32.2. The Morgan fingerprint density at radius 2 is 2.14 bits per heavy atom. The van der Waals surface area contributed by atoms with Crippen LogP contribution in [-0.2, 0) is 0 Å². The molecule has 1 fully saturated rings. The summed E-state index contributed by atoms with van der Waals surface area (Å²) in [4.78, 5) is 9.41. The van der Waals surface area contributed by atoms with Crippen LogP contribution in [0.3, 0.4) is 0 Å². The van der Waals surface area contributed by atoms with Crippen LogP contribution in [-0.4, -0.2) is 21.8 Å². The van der Waals surface area contributed by atoms with Crippen molar-refractivity contribution in [1.29, 1.82) is 0 Å². The third-order valence-corrected chi connectivity index (χ3v) is 5.18. The van der Waals surface area contributed by atoms with Gasteiger partial charge in [0.2, 0.25) is 0 Å². The van der Waals surface area contributed by atoms with E-state index in [1.807, 2.05) is 11.8 Å². The first-order valence-electron chi connectivity index (χ1n) is 8.38. The van der Waals surface area contributed by atoms with Crippen LogP contribution in [0.1, 0.15) is 71.5 Å². The smallest absolute Gasteiger partial charge is 0.134 e. The van der Waals surface area contributed by atoms with E-state index in [0.29, 0.717) is 5.92 Å². The summed E-state index contributed by atoms with van der Waals surface area (Å²) >= 11 is 1.96. The molecule has 2 unspecified atom stereocenters. The maximum atomic E-state index is 4.77. The number of nitrogens with zero attached hydrogens (tertiary/aromatic N) is 2. The van der Waals surface area contributed by atoms with Gasteiger partial charge in [0.05, 0.1) is 0 Å². The molecule has 1 N–H and O–H groups in total. The molecule has 0 bridgehead atoms. The fraction of sp³-hybridized carbons (Fsp3) is 0.765. The largest absolute Gasteiger partial charge is 0.370 e. The van der Waals surface area contributed by atoms with Crippen molar-refractivity contribution in [2.24, 2.45) is 5.92 Å². The number of nitrogens with one attached hydrogen (secondary N) is 1. The Bertz CT molecular complexity index is 448. The van der Waals surface area contributed by atoms with Crippen LogP contribution in [0.25, 0.3) is 0 Å². The van der Waals surface area contributed by atoms with Gasteiger partial charge in [-0.25, -0.2) is 9.97 Å². The van der Waals surface area contributed by atoms with Crippen LogP contribution in [0, 0.1) is 5.92 Å². The Hall–Kier alpha value is -0.770. The maximum absolute atomic E-state index is 4.77. The molecule has 0 aliphatic heterocycles. The second-order valence-electron chi connectivity index (χ2n) is 6.54. The summed E-state index contributed by atoms with van der Waals surface area (Å²) in [5.41, 5.74) is 0. The molecule has 2 atom stereocenters. The number of hydrogen-bond donors (Lipinski definition) is 1. The van der Waals surface area contributed by atoms with Crippen molar-refractivity contribution in [3.05, 3.63) is 11.9 Å². The minimum Gasteiger partial charge on any atom is -0.370 e. The van der Waals surface area contributed by atoms with Gasteiger partial charge in [0.1, 0.15) is 16.7 Å². The van der Waals surface area contributed by atoms with Crippen molar-refractivity contribution in [3.8, 4) is 0 Å². The zero-order chi connectivity index (χ0) is 15.2. The van der Waals surface area contributed by atoms with Crippen LogP contribution in [0.4, 0.5) is 5.82 Å². The van der Waals surface area contributed by atoms with Gasteiger partial charge in [-0.15, -0.1) is 11.8 Å². The van der Waals surface area contributed by atoms with Crippen LogP contribution >= 0.6 is 11.8 Å². The summed E-state index contributed by atoms with van der Waals surface area (Å²) in [6.07, 6.45) is 6.52. The van der Waals surface area contributed by atoms with Gasteiger partial charge < -0.3 is 5.32 Å². The van der Waals surface area contributed by atoms with Gasteiger partial charge in [-0.1, -0.05) is 40.5 Å². The van der Waals surface area contributed by atoms with Gasteiger partial charge in [-0.05, 0) is 25.2 Å². The normalized spacial score (nSPS) is 22.5. The molecule has 118 valence electrons. The van der Waals surface area contributed by atoms with E-state index in [1.54, 1.807) is 0 Å². The Morgan fingerprint density at radius 3 is 2.81 bits per heavy atom. The third kappa shape index (κ3) is 5.17. The minimum atomic E-state index is 0.373. The van der Waals surface area contributed by atoms with Crippen molar-refractivity contribution in [2.45, 2.75) is 76.0 Å². The van der Waals surface area contributed by atoms with E-state index in [1.165, 1.54) is 25.7 Å². The first-order valence-corrected chi connectivity index (χ1v) is 9.26. The number of aromatic nitrogens is 2. The lowest BCUT2D eigenvalue weighted by molar-refractivity contribution is 0.394. The van der Waals surface area contributed by atoms with Crippen molar-refractivity contribution in [2.75, 3.05) is 11.9 Å². The average molecular weight is 308 g/mol. The molecule has 0 spiro atoms. The van der Waals surface area contributed by atoms with E-state index in [0.717, 1.165) is 40.8 Å². The molecule has 1 aliphatic carbocycles. The van der Waals surface area contributed by atoms with E-state index in [-0.39, 0.29) is 0 Å². The molecule has 1 aromatic heterocycles. The third-order valence-electron chi connectivity index (χ3n) is 3.97. The zero-order valence-electron chi connectivity index (χ0n) is 13.9. The molecular weight excluding hydrogens is 278 g/mol. The average Bonchev–Trinajstić information content (AvgIpc) is 2.45. The Balaban J connectivity index is 2.11. The summed E-state index contributed by atoms with van der Waals surface area (Å²) in [5, 5.41) is 5.28. The zero-order valence-corrected chi connectivity index (χ0v) is 14.7. The Kier molecular flexibility index (Phi) is 6.34. The molecule has 21 heavy (non-hydrogen) atoms. The van der Waals surface area contributed by atoms with Crippen LogP contribution < -0.4 is 5.32 Å². The standard InChI is InChI=1S/C17H29N3S/c1-5-9-18-15-11-16(20-17(19-15)12(2)3)21-14-8-6-7-13(4)10-14/h11-14H,5-10H2,1-4H3,(H,18,19,20). The summed E-state index contributed by atoms with van der Waals surface area (Å²) in [6.45, 7) is 9.85. The number of rotatable bonds is 6. The lowest BCUT2D eigenvalue weighted by atomic mass is 9.91. The van der Waals surface area contributed by atoms with Gasteiger partial charge in [0.15, 0.2) is 0 Å². The molecule has 0 saturated heterocycles. The fourth-order valence-electron chi connectivity index (χ4n) is 2.76. The van der Waals surface area contributed by atoms with Crippen molar-refractivity contribution in [3.63, 3.8) is 0 Å². The van der Waals surface area contributed by atoms with E-state index in [9.17, 15) is 0 Å². The van der Waals surface area contributed by atoms with Crippen LogP contribution in [0.5, 0.6) is 0 Å². The molecule has 0 aromatic carbocycles. The molecule has 4 heteroatoms. The van der Waals surface area contributed by atoms with Crippen LogP contribution in [0.15, 0.2) is 11.1 Å². The summed E-state index contributed by atoms with van der Waals surface area (Å²) in [7, 11) is 0. The molecule has 0 radical (unpaired) electrons. The summed E-state index contributed by atoms with van der Waals surface area (Å²) in [5.74, 6) is 3.18. The SMILES string of the molecule is CCCNc1cc(SC2CCCC(C)C2)nc(C(C)C)n1. The highest BCUT2D eigenvalue weighted by Crippen LogP contribution is 2.36. The lowest BCUT2D eigenvalue weighted by Gasteiger charge is -2.26. The van der Waals surface area contributed by atoms with E-state index in [2.05, 4.69) is 44.1 Å². The van der Waals surface area contributed by atoms with Gasteiger partial charge in [-0.3, -0.25) is 0 Å². The fourth-order valence-corrected chi connectivity index (χ4v) is 4.14. The predicted molar refractivity (Wildman–Crippen MR) is 92.2 cm³/mol. The van der Waals surface area contributed by atoms with Gasteiger partial charge in [0, 0.05) is 23.8 Å². The summed E-state index contributed by atoms with van der Waals surface area (Å²) < 4.78 is 0. The quantitative estimate of drug-likeness (QED) is 0.743. The number of anilines is 1. The highest BCUT2D eigenvalue weighted by Gasteiger charge is 2.21. The second kappa shape index (κ2) is 8.02. The lowest BCUT2D eigenvalue weighted by Crippen LogP contribution is -2.15. The molecule has 1 aromatic rings. The van der Waals surface area contributed by atoms with E-state index in [4.69, 9.17) is 4.98 Å². The molecule has 1 aliphatic rings. The molecule has 2 rings (SSSR count). The minimum absolute atomic E-state index is 0.373. The maximum Gasteiger partial charge on any atom is 0.134 e.